The summed E-state index contributed by atoms with van der Waals surface area (Å²) in [6, 6.07) is 7.46. The number of nitrogens with zero attached hydrogens (tertiary/aromatic N) is 1. The Morgan fingerprint density at radius 3 is 2.61 bits per heavy atom. The lowest BCUT2D eigenvalue weighted by atomic mass is 10.1. The molecule has 0 aliphatic rings. The van der Waals surface area contributed by atoms with E-state index in [1.807, 2.05) is 38.1 Å². The molecule has 0 radical (unpaired) electrons. The lowest BCUT2D eigenvalue weighted by molar-refractivity contribution is -0.121. The van der Waals surface area contributed by atoms with Crippen molar-refractivity contribution in [3.8, 4) is 0 Å². The minimum atomic E-state index is -0.213. The molecule has 4 nitrogen and oxygen atoms in total. The standard InChI is InChI=1S/C14H23N3O/c1-4-10-17(11(3)14(18)16-5-2)13-9-7-6-8-12(13)15/h6-9,11H,4-5,10,15H2,1-3H3,(H,16,18). The molecule has 1 rings (SSSR count). The van der Waals surface area contributed by atoms with E-state index in [0.29, 0.717) is 12.2 Å². The fourth-order valence-corrected chi connectivity index (χ4v) is 1.98. The van der Waals surface area contributed by atoms with Gasteiger partial charge in [0.25, 0.3) is 0 Å². The Hall–Kier alpha value is -1.71. The highest BCUT2D eigenvalue weighted by atomic mass is 16.2. The van der Waals surface area contributed by atoms with Gasteiger partial charge in [0.1, 0.15) is 6.04 Å². The molecule has 1 aromatic carbocycles. The average molecular weight is 249 g/mol. The van der Waals surface area contributed by atoms with E-state index in [9.17, 15) is 4.79 Å². The molecule has 4 heteroatoms. The van der Waals surface area contributed by atoms with Gasteiger partial charge in [0.2, 0.25) is 5.91 Å². The molecule has 1 amide bonds. The van der Waals surface area contributed by atoms with E-state index in [1.165, 1.54) is 0 Å². The zero-order chi connectivity index (χ0) is 13.5. The molecular weight excluding hydrogens is 226 g/mol. The van der Waals surface area contributed by atoms with Gasteiger partial charge in [0.05, 0.1) is 11.4 Å². The molecule has 0 bridgehead atoms. The Kier molecular flexibility index (Phi) is 5.49. The SMILES string of the molecule is CCCN(c1ccccc1N)C(C)C(=O)NCC. The van der Waals surface area contributed by atoms with Gasteiger partial charge in [-0.2, -0.15) is 0 Å². The normalized spacial score (nSPS) is 11.9. The Morgan fingerprint density at radius 1 is 1.39 bits per heavy atom. The number of anilines is 2. The monoisotopic (exact) mass is 249 g/mol. The molecule has 0 saturated carbocycles. The molecule has 0 spiro atoms. The fourth-order valence-electron chi connectivity index (χ4n) is 1.98. The van der Waals surface area contributed by atoms with Gasteiger partial charge in [-0.05, 0) is 32.4 Å². The van der Waals surface area contributed by atoms with Gasteiger partial charge in [0, 0.05) is 13.1 Å². The molecule has 0 fully saturated rings. The van der Waals surface area contributed by atoms with Crippen LogP contribution in [0.15, 0.2) is 24.3 Å². The molecule has 1 unspecified atom stereocenters. The molecule has 1 atom stereocenters. The Labute approximate surface area is 109 Å². The van der Waals surface area contributed by atoms with Crippen LogP contribution in [0, 0.1) is 0 Å². The second-order valence-corrected chi connectivity index (χ2v) is 4.32. The smallest absolute Gasteiger partial charge is 0.242 e. The van der Waals surface area contributed by atoms with Crippen molar-refractivity contribution >= 4 is 17.3 Å². The van der Waals surface area contributed by atoms with Crippen molar-refractivity contribution in [1.29, 1.82) is 0 Å². The van der Waals surface area contributed by atoms with E-state index in [0.717, 1.165) is 18.7 Å². The van der Waals surface area contributed by atoms with Gasteiger partial charge in [-0.15, -0.1) is 0 Å². The van der Waals surface area contributed by atoms with Gasteiger partial charge in [-0.25, -0.2) is 0 Å². The molecule has 1 aromatic rings. The third-order valence-corrected chi connectivity index (χ3v) is 2.91. The van der Waals surface area contributed by atoms with E-state index in [-0.39, 0.29) is 11.9 Å². The van der Waals surface area contributed by atoms with Crippen LogP contribution in [0.5, 0.6) is 0 Å². The van der Waals surface area contributed by atoms with Crippen molar-refractivity contribution in [1.82, 2.24) is 5.32 Å². The number of rotatable bonds is 6. The van der Waals surface area contributed by atoms with Crippen molar-refractivity contribution in [3.63, 3.8) is 0 Å². The minimum absolute atomic E-state index is 0.0363. The molecule has 18 heavy (non-hydrogen) atoms. The summed E-state index contributed by atoms with van der Waals surface area (Å²) < 4.78 is 0. The minimum Gasteiger partial charge on any atom is -0.397 e. The molecule has 0 heterocycles. The van der Waals surface area contributed by atoms with Gasteiger partial charge in [-0.1, -0.05) is 19.1 Å². The largest absolute Gasteiger partial charge is 0.397 e. The Morgan fingerprint density at radius 2 is 2.06 bits per heavy atom. The number of hydrogen-bond donors (Lipinski definition) is 2. The summed E-state index contributed by atoms with van der Waals surface area (Å²) in [4.78, 5) is 14.0. The van der Waals surface area contributed by atoms with Crippen molar-refractivity contribution < 1.29 is 4.79 Å². The van der Waals surface area contributed by atoms with Crippen LogP contribution in [0.4, 0.5) is 11.4 Å². The van der Waals surface area contributed by atoms with Gasteiger partial charge >= 0.3 is 0 Å². The van der Waals surface area contributed by atoms with Crippen LogP contribution in [-0.2, 0) is 4.79 Å². The maximum atomic E-state index is 12.0. The summed E-state index contributed by atoms with van der Waals surface area (Å²) in [5, 5.41) is 2.85. The number of carbonyl (C=O) groups excluding carboxylic acids is 1. The van der Waals surface area contributed by atoms with E-state index in [4.69, 9.17) is 5.73 Å². The first-order valence-corrected chi connectivity index (χ1v) is 6.50. The first-order chi connectivity index (χ1) is 8.61. The lowest BCUT2D eigenvalue weighted by Gasteiger charge is -2.31. The molecule has 100 valence electrons. The first-order valence-electron chi connectivity index (χ1n) is 6.50. The number of benzene rings is 1. The number of likely N-dealkylation sites (N-methyl/N-ethyl adjacent to an activating group) is 1. The molecule has 3 N–H and O–H groups in total. The van der Waals surface area contributed by atoms with E-state index >= 15 is 0 Å². The molecule has 0 saturated heterocycles. The van der Waals surface area contributed by atoms with Gasteiger partial charge in [-0.3, -0.25) is 4.79 Å². The van der Waals surface area contributed by atoms with Crippen molar-refractivity contribution in [2.24, 2.45) is 0 Å². The molecule has 0 aliphatic carbocycles. The van der Waals surface area contributed by atoms with Crippen LogP contribution in [-0.4, -0.2) is 25.0 Å². The number of para-hydroxylation sites is 2. The lowest BCUT2D eigenvalue weighted by Crippen LogP contribution is -2.45. The summed E-state index contributed by atoms with van der Waals surface area (Å²) in [7, 11) is 0. The number of nitrogens with one attached hydrogen (secondary N) is 1. The zero-order valence-electron chi connectivity index (χ0n) is 11.4. The highest BCUT2D eigenvalue weighted by Gasteiger charge is 2.21. The second-order valence-electron chi connectivity index (χ2n) is 4.32. The second kappa shape index (κ2) is 6.89. The summed E-state index contributed by atoms with van der Waals surface area (Å²) in [5.41, 5.74) is 7.63. The van der Waals surface area contributed by atoms with Crippen LogP contribution in [0.25, 0.3) is 0 Å². The van der Waals surface area contributed by atoms with Crippen LogP contribution >= 0.6 is 0 Å². The van der Waals surface area contributed by atoms with Gasteiger partial charge in [0.15, 0.2) is 0 Å². The number of amides is 1. The van der Waals surface area contributed by atoms with E-state index < -0.39 is 0 Å². The van der Waals surface area contributed by atoms with Crippen LogP contribution < -0.4 is 16.0 Å². The predicted molar refractivity (Wildman–Crippen MR) is 76.6 cm³/mol. The van der Waals surface area contributed by atoms with Crippen LogP contribution in [0.1, 0.15) is 27.2 Å². The summed E-state index contributed by atoms with van der Waals surface area (Å²) in [6.45, 7) is 7.38. The summed E-state index contributed by atoms with van der Waals surface area (Å²) in [6.07, 6.45) is 0.970. The van der Waals surface area contributed by atoms with Crippen LogP contribution in [0.3, 0.4) is 0 Å². The average Bonchev–Trinajstić information content (AvgIpc) is 2.36. The summed E-state index contributed by atoms with van der Waals surface area (Å²) >= 11 is 0. The maximum absolute atomic E-state index is 12.0. The maximum Gasteiger partial charge on any atom is 0.242 e. The molecule has 0 aliphatic heterocycles. The molecule has 0 aromatic heterocycles. The number of nitrogens with two attached hydrogens (primary N) is 1. The predicted octanol–water partition coefficient (Wildman–Crippen LogP) is 2.01. The fraction of sp³-hybridized carbons (Fsp3) is 0.500. The van der Waals surface area contributed by atoms with Crippen molar-refractivity contribution in [3.05, 3.63) is 24.3 Å². The van der Waals surface area contributed by atoms with Gasteiger partial charge < -0.3 is 16.0 Å². The van der Waals surface area contributed by atoms with Crippen LogP contribution in [0.2, 0.25) is 0 Å². The number of nitrogen functional groups attached to an aromatic ring is 1. The third kappa shape index (κ3) is 3.39. The highest BCUT2D eigenvalue weighted by Crippen LogP contribution is 2.24. The number of hydrogen-bond acceptors (Lipinski definition) is 3. The van der Waals surface area contributed by atoms with Crippen molar-refractivity contribution in [2.45, 2.75) is 33.2 Å². The zero-order valence-corrected chi connectivity index (χ0v) is 11.4. The summed E-state index contributed by atoms with van der Waals surface area (Å²) in [5.74, 6) is 0.0363. The van der Waals surface area contributed by atoms with Crippen molar-refractivity contribution in [2.75, 3.05) is 23.7 Å². The Balaban J connectivity index is 2.95. The molecular formula is C14H23N3O. The first kappa shape index (κ1) is 14.4. The highest BCUT2D eigenvalue weighted by molar-refractivity contribution is 5.86. The Bertz CT molecular complexity index is 392. The van der Waals surface area contributed by atoms with E-state index in [2.05, 4.69) is 17.1 Å². The third-order valence-electron chi connectivity index (χ3n) is 2.91. The quantitative estimate of drug-likeness (QED) is 0.758. The topological polar surface area (TPSA) is 58.4 Å². The van der Waals surface area contributed by atoms with E-state index in [1.54, 1.807) is 0 Å². The number of carbonyl (C=O) groups is 1.